The van der Waals surface area contributed by atoms with Gasteiger partial charge in [-0.3, -0.25) is 6.08 Å². The van der Waals surface area contributed by atoms with Gasteiger partial charge in [-0.05, 0) is 0 Å². The normalized spacial score (nSPS) is 22.2. The molecule has 0 aromatic heterocycles. The topological polar surface area (TPSA) is 0 Å². The molecule has 1 atom stereocenters. The summed E-state index contributed by atoms with van der Waals surface area (Å²) in [5.74, 6) is 0.560. The predicted octanol–water partition coefficient (Wildman–Crippen LogP) is 3.17. The smallest absolute Gasteiger partial charge is 0.358 e. The second-order valence-electron chi connectivity index (χ2n) is 2.80. The van der Waals surface area contributed by atoms with Crippen molar-refractivity contribution in [1.82, 2.24) is 0 Å². The summed E-state index contributed by atoms with van der Waals surface area (Å²) < 4.78 is 0. The standard InChI is InChI=1S/C9H13.CH3.Zr/c1-6-5-7(2)9(4)8(6)3;;/h6H,1-4H3;1H3;/q2*-1;+2. The maximum atomic E-state index is 3.36. The maximum absolute atomic E-state index is 3.36. The molecule has 60 valence electrons. The zero-order chi connectivity index (χ0) is 7.02. The average molecular weight is 227 g/mol. The van der Waals surface area contributed by atoms with Gasteiger partial charge in [0.25, 0.3) is 0 Å². The Morgan fingerprint density at radius 2 is 1.64 bits per heavy atom. The van der Waals surface area contributed by atoms with Gasteiger partial charge < -0.3 is 7.43 Å². The molecule has 1 unspecified atom stereocenters. The molecule has 0 bridgehead atoms. The van der Waals surface area contributed by atoms with Crippen molar-refractivity contribution in [2.45, 2.75) is 27.7 Å². The monoisotopic (exact) mass is 226 g/mol. The molecule has 0 heterocycles. The predicted molar refractivity (Wildman–Crippen MR) is 46.4 cm³/mol. The third-order valence-electron chi connectivity index (χ3n) is 2.24. The van der Waals surface area contributed by atoms with Crippen molar-refractivity contribution in [2.75, 3.05) is 0 Å². The largest absolute Gasteiger partial charge is 2.00 e. The Labute approximate surface area is 89.9 Å². The summed E-state index contributed by atoms with van der Waals surface area (Å²) in [5.41, 5.74) is 4.25. The minimum absolute atomic E-state index is 0. The minimum Gasteiger partial charge on any atom is -0.358 e. The summed E-state index contributed by atoms with van der Waals surface area (Å²) in [7, 11) is 0. The van der Waals surface area contributed by atoms with Gasteiger partial charge in [-0.25, -0.2) is 5.57 Å². The van der Waals surface area contributed by atoms with Gasteiger partial charge in [0.2, 0.25) is 0 Å². The number of allylic oxidation sites excluding steroid dienone is 4. The molecule has 0 aromatic carbocycles. The van der Waals surface area contributed by atoms with E-state index in [9.17, 15) is 0 Å². The first-order valence-electron chi connectivity index (χ1n) is 3.40. The molecule has 0 radical (unpaired) electrons. The van der Waals surface area contributed by atoms with Crippen molar-refractivity contribution < 1.29 is 26.2 Å². The van der Waals surface area contributed by atoms with Crippen LogP contribution >= 0.6 is 0 Å². The van der Waals surface area contributed by atoms with E-state index in [4.69, 9.17) is 0 Å². The van der Waals surface area contributed by atoms with Crippen molar-refractivity contribution in [3.63, 3.8) is 0 Å². The first-order chi connectivity index (χ1) is 4.13. The molecule has 0 saturated carbocycles. The first-order valence-corrected chi connectivity index (χ1v) is 3.40. The fourth-order valence-electron chi connectivity index (χ4n) is 1.16. The van der Waals surface area contributed by atoms with E-state index in [1.807, 2.05) is 0 Å². The number of rotatable bonds is 0. The van der Waals surface area contributed by atoms with E-state index in [1.54, 1.807) is 0 Å². The molecule has 0 aromatic rings. The van der Waals surface area contributed by atoms with Crippen LogP contribution in [0.15, 0.2) is 16.7 Å². The molecule has 0 nitrogen and oxygen atoms in total. The summed E-state index contributed by atoms with van der Waals surface area (Å²) in [6.45, 7) is 8.67. The molecular formula is C10H16Zr. The van der Waals surface area contributed by atoms with E-state index in [0.717, 1.165) is 0 Å². The Hall–Kier alpha value is 0.363. The van der Waals surface area contributed by atoms with Crippen LogP contribution in [0.2, 0.25) is 0 Å². The van der Waals surface area contributed by atoms with Gasteiger partial charge in [-0.2, -0.15) is 11.1 Å². The van der Waals surface area contributed by atoms with Crippen LogP contribution in [-0.4, -0.2) is 0 Å². The van der Waals surface area contributed by atoms with Crippen molar-refractivity contribution in [1.29, 1.82) is 0 Å². The summed E-state index contributed by atoms with van der Waals surface area (Å²) >= 11 is 0. The van der Waals surface area contributed by atoms with E-state index >= 15 is 0 Å². The molecule has 1 rings (SSSR count). The first kappa shape index (κ1) is 13.9. The number of hydrogen-bond acceptors (Lipinski definition) is 0. The summed E-state index contributed by atoms with van der Waals surface area (Å²) in [5, 5.41) is 0. The quantitative estimate of drug-likeness (QED) is 0.558. The Kier molecular flexibility index (Phi) is 6.44. The van der Waals surface area contributed by atoms with Crippen LogP contribution in [0.4, 0.5) is 0 Å². The molecule has 0 N–H and O–H groups in total. The molecule has 1 heteroatoms. The summed E-state index contributed by atoms with van der Waals surface area (Å²) in [6, 6.07) is 0. The second kappa shape index (κ2) is 5.09. The van der Waals surface area contributed by atoms with E-state index in [1.165, 1.54) is 16.7 Å². The van der Waals surface area contributed by atoms with Crippen LogP contribution in [-0.2, 0) is 26.2 Å². The van der Waals surface area contributed by atoms with Crippen LogP contribution in [0.3, 0.4) is 0 Å². The van der Waals surface area contributed by atoms with Crippen LogP contribution in [0, 0.1) is 19.4 Å². The molecule has 0 amide bonds. The Morgan fingerprint density at radius 1 is 1.18 bits per heavy atom. The molecule has 11 heavy (non-hydrogen) atoms. The summed E-state index contributed by atoms with van der Waals surface area (Å²) in [6.07, 6.45) is 3.36. The molecular weight excluding hydrogens is 211 g/mol. The van der Waals surface area contributed by atoms with E-state index in [-0.39, 0.29) is 33.6 Å². The van der Waals surface area contributed by atoms with Crippen molar-refractivity contribution in [3.05, 3.63) is 30.2 Å². The average Bonchev–Trinajstić information content (AvgIpc) is 1.98. The van der Waals surface area contributed by atoms with Gasteiger partial charge in [0, 0.05) is 0 Å². The van der Waals surface area contributed by atoms with Crippen molar-refractivity contribution in [2.24, 2.45) is 5.92 Å². The van der Waals surface area contributed by atoms with Gasteiger partial charge in [0.1, 0.15) is 0 Å². The van der Waals surface area contributed by atoms with E-state index in [0.29, 0.717) is 5.92 Å². The fraction of sp³-hybridized carbons (Fsp3) is 0.500. The second-order valence-corrected chi connectivity index (χ2v) is 2.80. The van der Waals surface area contributed by atoms with Crippen molar-refractivity contribution >= 4 is 0 Å². The van der Waals surface area contributed by atoms with Gasteiger partial charge in [0.15, 0.2) is 0 Å². The van der Waals surface area contributed by atoms with Gasteiger partial charge in [-0.15, -0.1) is 6.92 Å². The third kappa shape index (κ3) is 2.71. The van der Waals surface area contributed by atoms with E-state index < -0.39 is 0 Å². The number of hydrogen-bond donors (Lipinski definition) is 0. The maximum Gasteiger partial charge on any atom is 2.00 e. The van der Waals surface area contributed by atoms with Gasteiger partial charge in [-0.1, -0.05) is 26.7 Å². The molecule has 1 aliphatic carbocycles. The van der Waals surface area contributed by atoms with Crippen LogP contribution in [0.1, 0.15) is 27.7 Å². The zero-order valence-electron chi connectivity index (χ0n) is 8.08. The Bertz CT molecular complexity index is 187. The SMILES string of the molecule is CC1=[C-]C(C)C(C)=C1C.[CH3-].[Zr+2]. The van der Waals surface area contributed by atoms with Crippen LogP contribution in [0.25, 0.3) is 0 Å². The molecule has 0 saturated heterocycles. The third-order valence-corrected chi connectivity index (χ3v) is 2.24. The van der Waals surface area contributed by atoms with Gasteiger partial charge >= 0.3 is 26.2 Å². The van der Waals surface area contributed by atoms with E-state index in [2.05, 4.69) is 33.8 Å². The zero-order valence-corrected chi connectivity index (χ0v) is 10.5. The Morgan fingerprint density at radius 3 is 1.73 bits per heavy atom. The molecule has 0 spiro atoms. The molecule has 1 aliphatic rings. The minimum atomic E-state index is 0. The molecule has 0 fully saturated rings. The van der Waals surface area contributed by atoms with Crippen LogP contribution < -0.4 is 0 Å². The molecule has 0 aliphatic heterocycles. The van der Waals surface area contributed by atoms with Gasteiger partial charge in [0.05, 0.1) is 0 Å². The fourth-order valence-corrected chi connectivity index (χ4v) is 1.16. The van der Waals surface area contributed by atoms with Crippen molar-refractivity contribution in [3.8, 4) is 0 Å². The van der Waals surface area contributed by atoms with Crippen LogP contribution in [0.5, 0.6) is 0 Å². The Balaban J connectivity index is 0. The summed E-state index contributed by atoms with van der Waals surface area (Å²) in [4.78, 5) is 0.